The molecule has 2 aromatic rings. The fourth-order valence-electron chi connectivity index (χ4n) is 7.84. The van der Waals surface area contributed by atoms with Crippen LogP contribution in [0, 0.1) is 23.7 Å². The molecule has 12 heteroatoms. The number of methoxy groups -OCH3 is 3. The third-order valence-corrected chi connectivity index (χ3v) is 10.0. The van der Waals surface area contributed by atoms with Gasteiger partial charge in [0.2, 0.25) is 24.4 Å². The van der Waals surface area contributed by atoms with Crippen LogP contribution in [0.5, 0.6) is 28.7 Å². The van der Waals surface area contributed by atoms with Crippen molar-refractivity contribution in [3.8, 4) is 28.7 Å². The Labute approximate surface area is 259 Å². The van der Waals surface area contributed by atoms with Crippen LogP contribution in [0.4, 0.5) is 0 Å². The molecule has 0 aromatic heterocycles. The van der Waals surface area contributed by atoms with E-state index in [1.807, 2.05) is 0 Å². The van der Waals surface area contributed by atoms with Crippen molar-refractivity contribution >= 4 is 23.8 Å². The zero-order valence-electron chi connectivity index (χ0n) is 25.5. The van der Waals surface area contributed by atoms with Crippen LogP contribution in [0.3, 0.4) is 0 Å². The van der Waals surface area contributed by atoms with E-state index in [4.69, 9.17) is 33.2 Å². The van der Waals surface area contributed by atoms with Gasteiger partial charge >= 0.3 is 11.9 Å². The predicted molar refractivity (Wildman–Crippen MR) is 154 cm³/mol. The molecule has 238 valence electrons. The van der Waals surface area contributed by atoms with Gasteiger partial charge in [-0.15, -0.1) is 0 Å². The molecule has 5 aliphatic rings. The first-order valence-electron chi connectivity index (χ1n) is 15.2. The van der Waals surface area contributed by atoms with Crippen molar-refractivity contribution in [2.24, 2.45) is 23.7 Å². The van der Waals surface area contributed by atoms with Gasteiger partial charge in [-0.25, -0.2) is 4.79 Å². The molecule has 0 N–H and O–H groups in total. The Kier molecular flexibility index (Phi) is 7.25. The van der Waals surface area contributed by atoms with E-state index in [0.717, 1.165) is 17.7 Å². The maximum Gasteiger partial charge on any atom is 0.329 e. The highest BCUT2D eigenvalue weighted by Gasteiger charge is 2.56. The summed E-state index contributed by atoms with van der Waals surface area (Å²) >= 11 is 0. The number of rotatable bonds is 7. The first kappa shape index (κ1) is 29.2. The molecule has 2 saturated heterocycles. The van der Waals surface area contributed by atoms with E-state index in [1.165, 1.54) is 28.3 Å². The van der Waals surface area contributed by atoms with E-state index < -0.39 is 41.8 Å². The van der Waals surface area contributed by atoms with Crippen LogP contribution in [-0.4, -0.2) is 69.4 Å². The van der Waals surface area contributed by atoms with Crippen LogP contribution in [0.15, 0.2) is 24.3 Å². The topological polar surface area (TPSA) is 136 Å². The number of hydrogen-bond acceptors (Lipinski definition) is 11. The molecule has 45 heavy (non-hydrogen) atoms. The van der Waals surface area contributed by atoms with Crippen LogP contribution in [0.25, 0.3) is 0 Å². The van der Waals surface area contributed by atoms with Gasteiger partial charge in [-0.3, -0.25) is 19.3 Å². The minimum absolute atomic E-state index is 0.0103. The monoisotopic (exact) mass is 621 g/mol. The Hall–Kier alpha value is -4.48. The number of imide groups is 1. The van der Waals surface area contributed by atoms with Gasteiger partial charge in [-0.2, -0.15) is 0 Å². The van der Waals surface area contributed by atoms with Gasteiger partial charge in [0.25, 0.3) is 0 Å². The van der Waals surface area contributed by atoms with E-state index in [1.54, 1.807) is 24.3 Å². The normalized spacial score (nSPS) is 28.5. The molecule has 0 spiro atoms. The standard InChI is InChI=1S/C33H35NO11/c1-15(34-30(35)17-7-5-6-8-18(17)31(34)36)32(37)45-28-20-12-23-22(43-14-44-23)11-19(20)26(27-21(28)13-42-33(27)38)16-9-24(39-2)29(41-4)25(10-16)40-3/h9-12,15,17-18,21,26-28H,5-8,13-14H2,1-4H3/t15-,17?,18?,21-,26?,27-,28-/m0/s1. The Morgan fingerprint density at radius 1 is 0.844 bits per heavy atom. The molecular formula is C33H35NO11. The first-order valence-corrected chi connectivity index (χ1v) is 15.2. The molecule has 2 aliphatic carbocycles. The molecule has 0 radical (unpaired) electrons. The summed E-state index contributed by atoms with van der Waals surface area (Å²) in [4.78, 5) is 54.9. The van der Waals surface area contributed by atoms with Gasteiger partial charge in [0, 0.05) is 17.4 Å². The van der Waals surface area contributed by atoms with Crippen LogP contribution in [-0.2, 0) is 28.7 Å². The maximum absolute atomic E-state index is 13.8. The number of carbonyl (C=O) groups excluding carboxylic acids is 4. The van der Waals surface area contributed by atoms with Crippen molar-refractivity contribution in [3.63, 3.8) is 0 Å². The summed E-state index contributed by atoms with van der Waals surface area (Å²) in [6.45, 7) is 1.55. The number of fused-ring (bicyclic) bond motifs is 4. The van der Waals surface area contributed by atoms with E-state index in [2.05, 4.69) is 0 Å². The van der Waals surface area contributed by atoms with Gasteiger partial charge in [0.1, 0.15) is 12.1 Å². The highest BCUT2D eigenvalue weighted by Crippen LogP contribution is 2.56. The molecule has 12 nitrogen and oxygen atoms in total. The molecular weight excluding hydrogens is 586 g/mol. The lowest BCUT2D eigenvalue weighted by Crippen LogP contribution is -2.46. The fourth-order valence-corrected chi connectivity index (χ4v) is 7.84. The SMILES string of the molecule is COc1cc(C2c3cc4c(cc3[C@H](OC(=O)[C@H](C)N3C(=O)C5CCCCC5C3=O)[C@H]3COC(=O)[C@H]23)OCO4)cc(OC)c1OC. The second-order valence-corrected chi connectivity index (χ2v) is 12.2. The van der Waals surface area contributed by atoms with E-state index >= 15 is 0 Å². The number of esters is 2. The molecule has 7 rings (SSSR count). The van der Waals surface area contributed by atoms with Crippen molar-refractivity contribution in [3.05, 3.63) is 41.0 Å². The quantitative estimate of drug-likeness (QED) is 0.332. The molecule has 3 aliphatic heterocycles. The lowest BCUT2D eigenvalue weighted by Gasteiger charge is -2.39. The van der Waals surface area contributed by atoms with Gasteiger partial charge in [-0.05, 0) is 55.2 Å². The summed E-state index contributed by atoms with van der Waals surface area (Å²) in [5.41, 5.74) is 2.00. The minimum atomic E-state index is -1.13. The van der Waals surface area contributed by atoms with Crippen molar-refractivity contribution in [1.29, 1.82) is 0 Å². The van der Waals surface area contributed by atoms with Gasteiger partial charge in [0.05, 0.1) is 45.7 Å². The predicted octanol–water partition coefficient (Wildman–Crippen LogP) is 3.52. The minimum Gasteiger partial charge on any atom is -0.493 e. The Morgan fingerprint density at radius 2 is 1.44 bits per heavy atom. The number of nitrogens with zero attached hydrogens (tertiary/aromatic N) is 1. The summed E-state index contributed by atoms with van der Waals surface area (Å²) in [7, 11) is 4.54. The summed E-state index contributed by atoms with van der Waals surface area (Å²) in [5, 5.41) is 0. The van der Waals surface area contributed by atoms with Crippen LogP contribution >= 0.6 is 0 Å². The smallest absolute Gasteiger partial charge is 0.329 e. The number of likely N-dealkylation sites (tertiary alicyclic amines) is 1. The van der Waals surface area contributed by atoms with Crippen molar-refractivity contribution in [2.75, 3.05) is 34.7 Å². The third kappa shape index (κ3) is 4.47. The van der Waals surface area contributed by atoms with Gasteiger partial charge in [-0.1, -0.05) is 12.8 Å². The fraction of sp³-hybridized carbons (Fsp3) is 0.515. The van der Waals surface area contributed by atoms with E-state index in [-0.39, 0.29) is 37.0 Å². The van der Waals surface area contributed by atoms with Crippen molar-refractivity contribution in [2.45, 2.75) is 50.7 Å². The number of carbonyl (C=O) groups is 4. The molecule has 2 amide bonds. The Balaban J connectivity index is 1.29. The largest absolute Gasteiger partial charge is 0.493 e. The zero-order chi connectivity index (χ0) is 31.6. The first-order chi connectivity index (χ1) is 21.8. The van der Waals surface area contributed by atoms with Crippen molar-refractivity contribution in [1.82, 2.24) is 4.90 Å². The average Bonchev–Trinajstić information content (AvgIpc) is 3.75. The number of hydrogen-bond donors (Lipinski definition) is 0. The molecule has 2 aromatic carbocycles. The lowest BCUT2D eigenvalue weighted by atomic mass is 9.66. The summed E-state index contributed by atoms with van der Waals surface area (Å²) < 4.78 is 40.0. The number of cyclic esters (lactones) is 1. The Bertz CT molecular complexity index is 1540. The summed E-state index contributed by atoms with van der Waals surface area (Å²) in [6, 6.07) is 6.03. The van der Waals surface area contributed by atoms with Gasteiger partial charge in [0.15, 0.2) is 23.0 Å². The number of amides is 2. The molecule has 3 fully saturated rings. The van der Waals surface area contributed by atoms with Crippen LogP contribution in [0.2, 0.25) is 0 Å². The molecule has 1 saturated carbocycles. The van der Waals surface area contributed by atoms with Crippen LogP contribution < -0.4 is 23.7 Å². The Morgan fingerprint density at radius 3 is 2.02 bits per heavy atom. The number of benzene rings is 2. The molecule has 7 atom stereocenters. The summed E-state index contributed by atoms with van der Waals surface area (Å²) in [5.74, 6) is -2.24. The highest BCUT2D eigenvalue weighted by molar-refractivity contribution is 6.07. The van der Waals surface area contributed by atoms with Crippen molar-refractivity contribution < 1.29 is 52.3 Å². The van der Waals surface area contributed by atoms with E-state index in [9.17, 15) is 19.2 Å². The summed E-state index contributed by atoms with van der Waals surface area (Å²) in [6.07, 6.45) is 2.12. The molecule has 3 heterocycles. The van der Waals surface area contributed by atoms with Gasteiger partial charge < -0.3 is 33.2 Å². The number of ether oxygens (including phenoxy) is 7. The molecule has 3 unspecified atom stereocenters. The third-order valence-electron chi connectivity index (χ3n) is 10.0. The molecule has 0 bridgehead atoms. The average molecular weight is 622 g/mol. The van der Waals surface area contributed by atoms with E-state index in [0.29, 0.717) is 58.3 Å². The lowest BCUT2D eigenvalue weighted by molar-refractivity contribution is -0.165. The second kappa shape index (κ2) is 11.1. The zero-order valence-corrected chi connectivity index (χ0v) is 25.5. The van der Waals surface area contributed by atoms with Crippen LogP contribution in [0.1, 0.15) is 61.3 Å². The highest BCUT2D eigenvalue weighted by atomic mass is 16.7. The maximum atomic E-state index is 13.8. The second-order valence-electron chi connectivity index (χ2n) is 12.2.